The van der Waals surface area contributed by atoms with E-state index in [9.17, 15) is 0 Å². The Morgan fingerprint density at radius 1 is 1.38 bits per heavy atom. The highest BCUT2D eigenvalue weighted by Gasteiger charge is 2.06. The Bertz CT molecular complexity index is 337. The van der Waals surface area contributed by atoms with E-state index in [0.29, 0.717) is 12.0 Å². The zero-order chi connectivity index (χ0) is 12.1. The molecule has 0 saturated heterocycles. The predicted molar refractivity (Wildman–Crippen MR) is 68.0 cm³/mol. The maximum absolute atomic E-state index is 4.35. The average molecular weight is 223 g/mol. The molecule has 0 aliphatic rings. The number of hydrogen-bond donors (Lipinski definition) is 2. The fraction of sp³-hybridized carbons (Fsp3) is 0.636. The molecule has 5 nitrogen and oxygen atoms in total. The molecule has 16 heavy (non-hydrogen) atoms. The van der Waals surface area contributed by atoms with Crippen LogP contribution in [0.4, 0.5) is 11.8 Å². The van der Waals surface area contributed by atoms with Crippen molar-refractivity contribution in [3.05, 3.63) is 11.8 Å². The van der Waals surface area contributed by atoms with Gasteiger partial charge in [0.15, 0.2) is 0 Å². The van der Waals surface area contributed by atoms with E-state index in [2.05, 4.69) is 46.5 Å². The first kappa shape index (κ1) is 12.7. The Balaban J connectivity index is 2.69. The Morgan fingerprint density at radius 2 is 2.06 bits per heavy atom. The van der Waals surface area contributed by atoms with Crippen LogP contribution in [0.15, 0.2) is 6.07 Å². The number of nitrogens with one attached hydrogen (secondary N) is 2. The van der Waals surface area contributed by atoms with E-state index in [1.165, 1.54) is 0 Å². The van der Waals surface area contributed by atoms with Gasteiger partial charge in [0, 0.05) is 31.4 Å². The van der Waals surface area contributed by atoms with Crippen LogP contribution in [0.25, 0.3) is 0 Å². The molecule has 0 aliphatic heterocycles. The normalized spacial score (nSPS) is 12.6. The highest BCUT2D eigenvalue weighted by atomic mass is 15.2. The minimum absolute atomic E-state index is 0.356. The van der Waals surface area contributed by atoms with Gasteiger partial charge in [-0.1, -0.05) is 0 Å². The number of aromatic nitrogens is 2. The number of nitrogens with zero attached hydrogens (tertiary/aromatic N) is 3. The van der Waals surface area contributed by atoms with Crippen LogP contribution in [-0.4, -0.2) is 48.6 Å². The monoisotopic (exact) mass is 223 g/mol. The molecular formula is C11H21N5. The molecule has 1 rings (SSSR count). The fourth-order valence-corrected chi connectivity index (χ4v) is 1.60. The predicted octanol–water partition coefficient (Wildman–Crippen LogP) is 1.19. The summed E-state index contributed by atoms with van der Waals surface area (Å²) in [6, 6.07) is 2.31. The Hall–Kier alpha value is -1.36. The molecule has 1 aromatic heterocycles. The van der Waals surface area contributed by atoms with E-state index in [1.54, 1.807) is 0 Å². The lowest BCUT2D eigenvalue weighted by Gasteiger charge is -2.19. The number of anilines is 2. The minimum atomic E-state index is 0.356. The van der Waals surface area contributed by atoms with Crippen molar-refractivity contribution in [3.8, 4) is 0 Å². The smallest absolute Gasteiger partial charge is 0.224 e. The van der Waals surface area contributed by atoms with Crippen molar-refractivity contribution in [1.82, 2.24) is 14.9 Å². The molecule has 0 aliphatic carbocycles. The summed E-state index contributed by atoms with van der Waals surface area (Å²) < 4.78 is 0. The fourth-order valence-electron chi connectivity index (χ4n) is 1.60. The zero-order valence-electron chi connectivity index (χ0n) is 10.7. The molecule has 0 radical (unpaired) electrons. The van der Waals surface area contributed by atoms with Gasteiger partial charge >= 0.3 is 0 Å². The molecule has 0 saturated carbocycles. The summed E-state index contributed by atoms with van der Waals surface area (Å²) in [4.78, 5) is 10.7. The Morgan fingerprint density at radius 3 is 2.62 bits per heavy atom. The first-order valence-electron chi connectivity index (χ1n) is 5.46. The van der Waals surface area contributed by atoms with Crippen molar-refractivity contribution < 1.29 is 0 Å². The second kappa shape index (κ2) is 5.65. The molecule has 0 fully saturated rings. The number of hydrogen-bond acceptors (Lipinski definition) is 5. The average Bonchev–Trinajstić information content (AvgIpc) is 2.14. The van der Waals surface area contributed by atoms with E-state index in [1.807, 2.05) is 20.0 Å². The van der Waals surface area contributed by atoms with Crippen molar-refractivity contribution >= 4 is 11.8 Å². The molecule has 5 heteroatoms. The van der Waals surface area contributed by atoms with E-state index >= 15 is 0 Å². The summed E-state index contributed by atoms with van der Waals surface area (Å²) in [5.41, 5.74) is 0.957. The van der Waals surface area contributed by atoms with Crippen LogP contribution in [0.5, 0.6) is 0 Å². The molecule has 2 N–H and O–H groups in total. The summed E-state index contributed by atoms with van der Waals surface area (Å²) in [5.74, 6) is 1.52. The highest BCUT2D eigenvalue weighted by Crippen LogP contribution is 2.10. The van der Waals surface area contributed by atoms with Gasteiger partial charge in [-0.3, -0.25) is 0 Å². The van der Waals surface area contributed by atoms with Gasteiger partial charge < -0.3 is 15.5 Å². The third-order valence-electron chi connectivity index (χ3n) is 2.11. The number of rotatable bonds is 5. The third kappa shape index (κ3) is 4.02. The second-order valence-corrected chi connectivity index (χ2v) is 4.28. The molecule has 1 aromatic rings. The van der Waals surface area contributed by atoms with Gasteiger partial charge in [-0.15, -0.1) is 0 Å². The molecule has 0 bridgehead atoms. The van der Waals surface area contributed by atoms with Crippen LogP contribution in [0.3, 0.4) is 0 Å². The van der Waals surface area contributed by atoms with Crippen LogP contribution >= 0.6 is 0 Å². The summed E-state index contributed by atoms with van der Waals surface area (Å²) in [6.45, 7) is 5.07. The van der Waals surface area contributed by atoms with Gasteiger partial charge in [-0.05, 0) is 27.9 Å². The van der Waals surface area contributed by atoms with Gasteiger partial charge in [0.2, 0.25) is 5.95 Å². The van der Waals surface area contributed by atoms with Gasteiger partial charge in [0.05, 0.1) is 0 Å². The molecule has 1 unspecified atom stereocenters. The van der Waals surface area contributed by atoms with E-state index in [-0.39, 0.29) is 0 Å². The van der Waals surface area contributed by atoms with Crippen LogP contribution in [0.2, 0.25) is 0 Å². The standard InChI is InChI=1S/C11H21N5/c1-8-6-10(15-11(12-3)14-8)13-9(2)7-16(4)5/h6,9H,7H2,1-5H3,(H2,12,13,14,15). The van der Waals surface area contributed by atoms with Crippen LogP contribution in [0.1, 0.15) is 12.6 Å². The van der Waals surface area contributed by atoms with Gasteiger partial charge in [0.1, 0.15) is 5.82 Å². The first-order chi connectivity index (χ1) is 7.51. The van der Waals surface area contributed by atoms with Crippen molar-refractivity contribution in [2.75, 3.05) is 38.3 Å². The number of aryl methyl sites for hydroxylation is 1. The van der Waals surface area contributed by atoms with Gasteiger partial charge in [-0.25, -0.2) is 4.98 Å². The SMILES string of the molecule is CNc1nc(C)cc(NC(C)CN(C)C)n1. The maximum atomic E-state index is 4.35. The first-order valence-corrected chi connectivity index (χ1v) is 5.46. The zero-order valence-corrected chi connectivity index (χ0v) is 10.7. The lowest BCUT2D eigenvalue weighted by molar-refractivity contribution is 0.392. The van der Waals surface area contributed by atoms with Crippen LogP contribution in [0, 0.1) is 6.92 Å². The molecule has 0 spiro atoms. The van der Waals surface area contributed by atoms with E-state index in [4.69, 9.17) is 0 Å². The topological polar surface area (TPSA) is 53.1 Å². The Kier molecular flexibility index (Phi) is 4.49. The summed E-state index contributed by atoms with van der Waals surface area (Å²) in [7, 11) is 5.94. The van der Waals surface area contributed by atoms with E-state index in [0.717, 1.165) is 18.1 Å². The van der Waals surface area contributed by atoms with Crippen LogP contribution in [-0.2, 0) is 0 Å². The van der Waals surface area contributed by atoms with Gasteiger partial charge in [0.25, 0.3) is 0 Å². The molecular weight excluding hydrogens is 202 g/mol. The Labute approximate surface area is 97.3 Å². The van der Waals surface area contributed by atoms with Gasteiger partial charge in [-0.2, -0.15) is 4.98 Å². The van der Waals surface area contributed by atoms with Crippen molar-refractivity contribution in [2.24, 2.45) is 0 Å². The minimum Gasteiger partial charge on any atom is -0.366 e. The van der Waals surface area contributed by atoms with E-state index < -0.39 is 0 Å². The van der Waals surface area contributed by atoms with Crippen molar-refractivity contribution in [2.45, 2.75) is 19.9 Å². The lowest BCUT2D eigenvalue weighted by Crippen LogP contribution is -2.30. The summed E-state index contributed by atoms with van der Waals surface area (Å²) in [6.07, 6.45) is 0. The second-order valence-electron chi connectivity index (χ2n) is 4.28. The molecule has 0 aromatic carbocycles. The molecule has 1 atom stereocenters. The quantitative estimate of drug-likeness (QED) is 0.785. The molecule has 0 amide bonds. The number of likely N-dealkylation sites (N-methyl/N-ethyl adjacent to an activating group) is 1. The maximum Gasteiger partial charge on any atom is 0.224 e. The van der Waals surface area contributed by atoms with Crippen molar-refractivity contribution in [3.63, 3.8) is 0 Å². The van der Waals surface area contributed by atoms with Crippen LogP contribution < -0.4 is 10.6 Å². The summed E-state index contributed by atoms with van der Waals surface area (Å²) >= 11 is 0. The highest BCUT2D eigenvalue weighted by molar-refractivity contribution is 5.42. The lowest BCUT2D eigenvalue weighted by atomic mass is 10.3. The largest absolute Gasteiger partial charge is 0.366 e. The molecule has 90 valence electrons. The van der Waals surface area contributed by atoms with Crippen molar-refractivity contribution in [1.29, 1.82) is 0 Å². The summed E-state index contributed by atoms with van der Waals surface area (Å²) in [5, 5.41) is 6.31. The molecule has 1 heterocycles. The third-order valence-corrected chi connectivity index (χ3v) is 2.11.